The SMILES string of the molecule is CCCCCNc1ccc(C(=O)Nc2cccc(Cl)c2Cl)nn1. The van der Waals surface area contributed by atoms with E-state index >= 15 is 0 Å². The van der Waals surface area contributed by atoms with Gasteiger partial charge in [-0.1, -0.05) is 49.0 Å². The topological polar surface area (TPSA) is 66.9 Å². The molecule has 1 amide bonds. The van der Waals surface area contributed by atoms with Crippen molar-refractivity contribution in [2.75, 3.05) is 17.2 Å². The average Bonchev–Trinajstić information content (AvgIpc) is 2.56. The van der Waals surface area contributed by atoms with Crippen LogP contribution in [0, 0.1) is 0 Å². The summed E-state index contributed by atoms with van der Waals surface area (Å²) in [5, 5.41) is 14.4. The van der Waals surface area contributed by atoms with E-state index in [4.69, 9.17) is 23.2 Å². The lowest BCUT2D eigenvalue weighted by Crippen LogP contribution is -2.15. The van der Waals surface area contributed by atoms with E-state index in [1.807, 2.05) is 0 Å². The van der Waals surface area contributed by atoms with Gasteiger partial charge in [-0.05, 0) is 30.7 Å². The van der Waals surface area contributed by atoms with Crippen LogP contribution < -0.4 is 10.6 Å². The Balaban J connectivity index is 1.96. The molecule has 2 N–H and O–H groups in total. The number of hydrogen-bond donors (Lipinski definition) is 2. The molecule has 0 atom stereocenters. The van der Waals surface area contributed by atoms with Gasteiger partial charge in [-0.15, -0.1) is 10.2 Å². The smallest absolute Gasteiger partial charge is 0.276 e. The second kappa shape index (κ2) is 8.70. The number of amides is 1. The highest BCUT2D eigenvalue weighted by molar-refractivity contribution is 6.44. The fraction of sp³-hybridized carbons (Fsp3) is 0.312. The van der Waals surface area contributed by atoms with Crippen LogP contribution in [-0.2, 0) is 0 Å². The first kappa shape index (κ1) is 17.5. The molecule has 0 bridgehead atoms. The molecule has 23 heavy (non-hydrogen) atoms. The number of nitrogens with zero attached hydrogens (tertiary/aromatic N) is 2. The highest BCUT2D eigenvalue weighted by Gasteiger charge is 2.12. The van der Waals surface area contributed by atoms with E-state index in [0.29, 0.717) is 21.6 Å². The number of aromatic nitrogens is 2. The van der Waals surface area contributed by atoms with Gasteiger partial charge in [0.25, 0.3) is 5.91 Å². The minimum absolute atomic E-state index is 0.208. The minimum atomic E-state index is -0.390. The molecule has 0 radical (unpaired) electrons. The number of halogens is 2. The molecule has 122 valence electrons. The Hall–Kier alpha value is -1.85. The fourth-order valence-corrected chi connectivity index (χ4v) is 2.27. The van der Waals surface area contributed by atoms with Crippen molar-refractivity contribution in [2.24, 2.45) is 0 Å². The van der Waals surface area contributed by atoms with E-state index in [0.717, 1.165) is 13.0 Å². The van der Waals surface area contributed by atoms with Crippen molar-refractivity contribution >= 4 is 40.6 Å². The minimum Gasteiger partial charge on any atom is -0.369 e. The van der Waals surface area contributed by atoms with Gasteiger partial charge in [-0.2, -0.15) is 0 Å². The molecule has 0 saturated heterocycles. The summed E-state index contributed by atoms with van der Waals surface area (Å²) in [6.45, 7) is 2.99. The van der Waals surface area contributed by atoms with Gasteiger partial charge in [0.2, 0.25) is 0 Å². The Morgan fingerprint density at radius 3 is 2.65 bits per heavy atom. The lowest BCUT2D eigenvalue weighted by atomic mass is 10.2. The fourth-order valence-electron chi connectivity index (χ4n) is 1.93. The van der Waals surface area contributed by atoms with Gasteiger partial charge in [-0.25, -0.2) is 0 Å². The Morgan fingerprint density at radius 2 is 1.96 bits per heavy atom. The molecule has 0 aliphatic heterocycles. The second-order valence-corrected chi connectivity index (χ2v) is 5.78. The van der Waals surface area contributed by atoms with Crippen LogP contribution in [-0.4, -0.2) is 22.6 Å². The quantitative estimate of drug-likeness (QED) is 0.712. The van der Waals surface area contributed by atoms with Crippen LogP contribution in [0.3, 0.4) is 0 Å². The molecule has 0 aliphatic carbocycles. The number of unbranched alkanes of at least 4 members (excludes halogenated alkanes) is 2. The van der Waals surface area contributed by atoms with Gasteiger partial charge in [-0.3, -0.25) is 4.79 Å². The van der Waals surface area contributed by atoms with E-state index < -0.39 is 0 Å². The molecule has 2 aromatic rings. The van der Waals surface area contributed by atoms with Crippen molar-refractivity contribution in [1.82, 2.24) is 10.2 Å². The van der Waals surface area contributed by atoms with Gasteiger partial charge < -0.3 is 10.6 Å². The van der Waals surface area contributed by atoms with Gasteiger partial charge in [0.05, 0.1) is 15.7 Å². The van der Waals surface area contributed by atoms with E-state index in [1.54, 1.807) is 30.3 Å². The number of rotatable bonds is 7. The van der Waals surface area contributed by atoms with E-state index in [1.165, 1.54) is 12.8 Å². The van der Waals surface area contributed by atoms with Crippen molar-refractivity contribution in [1.29, 1.82) is 0 Å². The molecule has 2 rings (SSSR count). The zero-order valence-electron chi connectivity index (χ0n) is 12.8. The molecule has 1 aromatic carbocycles. The number of carbonyl (C=O) groups is 1. The lowest BCUT2D eigenvalue weighted by molar-refractivity contribution is 0.102. The maximum Gasteiger partial charge on any atom is 0.276 e. The third kappa shape index (κ3) is 5.08. The Bertz CT molecular complexity index is 662. The molecule has 1 heterocycles. The first-order valence-corrected chi connectivity index (χ1v) is 8.20. The molecular weight excluding hydrogens is 335 g/mol. The molecule has 0 spiro atoms. The Labute approximate surface area is 145 Å². The average molecular weight is 353 g/mol. The normalized spacial score (nSPS) is 10.4. The highest BCUT2D eigenvalue weighted by Crippen LogP contribution is 2.29. The summed E-state index contributed by atoms with van der Waals surface area (Å²) >= 11 is 12.0. The molecule has 5 nitrogen and oxygen atoms in total. The molecule has 0 aliphatic rings. The number of nitrogens with one attached hydrogen (secondary N) is 2. The number of hydrogen-bond acceptors (Lipinski definition) is 4. The Kier molecular flexibility index (Phi) is 6.62. The third-order valence-corrected chi connectivity index (χ3v) is 4.00. The van der Waals surface area contributed by atoms with Crippen LogP contribution in [0.15, 0.2) is 30.3 Å². The summed E-state index contributed by atoms with van der Waals surface area (Å²) in [5.41, 5.74) is 0.646. The summed E-state index contributed by atoms with van der Waals surface area (Å²) in [6, 6.07) is 8.37. The largest absolute Gasteiger partial charge is 0.369 e. The first-order chi connectivity index (χ1) is 11.1. The van der Waals surface area contributed by atoms with E-state index in [-0.39, 0.29) is 11.6 Å². The van der Waals surface area contributed by atoms with Crippen LogP contribution >= 0.6 is 23.2 Å². The molecule has 0 unspecified atom stereocenters. The van der Waals surface area contributed by atoms with Crippen molar-refractivity contribution < 1.29 is 4.79 Å². The molecule has 0 fully saturated rings. The molecular formula is C16H18Cl2N4O. The van der Waals surface area contributed by atoms with Crippen molar-refractivity contribution in [3.8, 4) is 0 Å². The van der Waals surface area contributed by atoms with E-state index in [2.05, 4.69) is 27.8 Å². The monoisotopic (exact) mass is 352 g/mol. The summed E-state index contributed by atoms with van der Waals surface area (Å²) < 4.78 is 0. The first-order valence-electron chi connectivity index (χ1n) is 7.44. The zero-order valence-corrected chi connectivity index (χ0v) is 14.3. The van der Waals surface area contributed by atoms with Crippen LogP contribution in [0.2, 0.25) is 10.0 Å². The zero-order chi connectivity index (χ0) is 16.7. The predicted molar refractivity (Wildman–Crippen MR) is 94.5 cm³/mol. The molecule has 7 heteroatoms. The summed E-state index contributed by atoms with van der Waals surface area (Å²) in [4.78, 5) is 12.2. The summed E-state index contributed by atoms with van der Waals surface area (Å²) in [5.74, 6) is 0.262. The van der Waals surface area contributed by atoms with Crippen LogP contribution in [0.1, 0.15) is 36.7 Å². The van der Waals surface area contributed by atoms with Crippen LogP contribution in [0.5, 0.6) is 0 Å². The maximum atomic E-state index is 12.2. The van der Waals surface area contributed by atoms with Gasteiger partial charge >= 0.3 is 0 Å². The highest BCUT2D eigenvalue weighted by atomic mass is 35.5. The third-order valence-electron chi connectivity index (χ3n) is 3.18. The summed E-state index contributed by atoms with van der Waals surface area (Å²) in [7, 11) is 0. The standard InChI is InChI=1S/C16H18Cl2N4O/c1-2-3-4-10-19-14-9-8-13(21-22-14)16(23)20-12-7-5-6-11(17)15(12)18/h5-9H,2-4,10H2,1H3,(H,19,22)(H,20,23). The number of benzene rings is 1. The predicted octanol–water partition coefficient (Wildman–Crippen LogP) is 4.64. The molecule has 0 saturated carbocycles. The van der Waals surface area contributed by atoms with Crippen LogP contribution in [0.4, 0.5) is 11.5 Å². The van der Waals surface area contributed by atoms with Gasteiger partial charge in [0.1, 0.15) is 5.82 Å². The van der Waals surface area contributed by atoms with Gasteiger partial charge in [0.15, 0.2) is 5.69 Å². The second-order valence-electron chi connectivity index (χ2n) is 4.99. The molecule has 1 aromatic heterocycles. The lowest BCUT2D eigenvalue weighted by Gasteiger charge is -2.08. The van der Waals surface area contributed by atoms with Gasteiger partial charge in [0, 0.05) is 6.54 Å². The van der Waals surface area contributed by atoms with Crippen molar-refractivity contribution in [3.63, 3.8) is 0 Å². The number of carbonyl (C=O) groups excluding carboxylic acids is 1. The van der Waals surface area contributed by atoms with E-state index in [9.17, 15) is 4.79 Å². The number of anilines is 2. The van der Waals surface area contributed by atoms with Crippen molar-refractivity contribution in [2.45, 2.75) is 26.2 Å². The summed E-state index contributed by atoms with van der Waals surface area (Å²) in [6.07, 6.45) is 3.41. The van der Waals surface area contributed by atoms with Crippen LogP contribution in [0.25, 0.3) is 0 Å². The maximum absolute atomic E-state index is 12.2. The Morgan fingerprint density at radius 1 is 1.13 bits per heavy atom. The van der Waals surface area contributed by atoms with Crippen molar-refractivity contribution in [3.05, 3.63) is 46.1 Å².